The maximum absolute atomic E-state index is 5.73. The van der Waals surface area contributed by atoms with Gasteiger partial charge >= 0.3 is 0 Å². The maximum Gasteiger partial charge on any atom is 0.227 e. The Morgan fingerprint density at radius 3 is 2.81 bits per heavy atom. The van der Waals surface area contributed by atoms with Crippen LogP contribution in [0.25, 0.3) is 22.1 Å². The predicted octanol–water partition coefficient (Wildman–Crippen LogP) is 4.10. The summed E-state index contributed by atoms with van der Waals surface area (Å²) in [4.78, 5) is 4.25. The van der Waals surface area contributed by atoms with E-state index in [1.54, 1.807) is 6.20 Å². The number of benzene rings is 1. The predicted molar refractivity (Wildman–Crippen MR) is 65.6 cm³/mol. The molecule has 0 spiro atoms. The summed E-state index contributed by atoms with van der Waals surface area (Å²) in [5.74, 6) is 0.490. The summed E-state index contributed by atoms with van der Waals surface area (Å²) in [6.07, 6.45) is 1.76. The molecule has 0 fully saturated rings. The Morgan fingerprint density at radius 1 is 1.12 bits per heavy atom. The molecule has 2 aromatic heterocycles. The van der Waals surface area contributed by atoms with Crippen LogP contribution in [0.2, 0.25) is 0 Å². The molecule has 80 valence electrons. The number of rotatable bonds is 1. The van der Waals surface area contributed by atoms with E-state index in [0.29, 0.717) is 5.92 Å². The molecular formula is C14H13NO. The SMILES string of the molecule is CC(C)c1cccc2oc3ncccc3c12. The summed E-state index contributed by atoms with van der Waals surface area (Å²) < 4.78 is 5.73. The van der Waals surface area contributed by atoms with E-state index in [-0.39, 0.29) is 0 Å². The Labute approximate surface area is 93.9 Å². The minimum Gasteiger partial charge on any atom is -0.438 e. The third kappa shape index (κ3) is 1.23. The van der Waals surface area contributed by atoms with Crippen LogP contribution in [-0.4, -0.2) is 4.98 Å². The van der Waals surface area contributed by atoms with Crippen molar-refractivity contribution in [1.29, 1.82) is 0 Å². The Hall–Kier alpha value is -1.83. The fourth-order valence-corrected chi connectivity index (χ4v) is 2.17. The summed E-state index contributed by atoms with van der Waals surface area (Å²) in [6, 6.07) is 10.2. The van der Waals surface area contributed by atoms with Crippen molar-refractivity contribution >= 4 is 22.1 Å². The van der Waals surface area contributed by atoms with Gasteiger partial charge in [-0.1, -0.05) is 26.0 Å². The first-order valence-corrected chi connectivity index (χ1v) is 5.53. The van der Waals surface area contributed by atoms with Gasteiger partial charge in [0.05, 0.1) is 0 Å². The molecule has 16 heavy (non-hydrogen) atoms. The first kappa shape index (κ1) is 9.40. The summed E-state index contributed by atoms with van der Waals surface area (Å²) in [5.41, 5.74) is 2.98. The molecule has 0 aliphatic rings. The number of hydrogen-bond acceptors (Lipinski definition) is 2. The van der Waals surface area contributed by atoms with Crippen LogP contribution < -0.4 is 0 Å². The van der Waals surface area contributed by atoms with E-state index in [0.717, 1.165) is 16.7 Å². The van der Waals surface area contributed by atoms with E-state index in [4.69, 9.17) is 4.42 Å². The highest BCUT2D eigenvalue weighted by Gasteiger charge is 2.12. The first-order valence-electron chi connectivity index (χ1n) is 5.53. The van der Waals surface area contributed by atoms with Gasteiger partial charge in [0.1, 0.15) is 5.58 Å². The van der Waals surface area contributed by atoms with E-state index in [9.17, 15) is 0 Å². The lowest BCUT2D eigenvalue weighted by Gasteiger charge is -2.05. The minimum absolute atomic E-state index is 0.490. The largest absolute Gasteiger partial charge is 0.438 e. The Morgan fingerprint density at radius 2 is 2.00 bits per heavy atom. The van der Waals surface area contributed by atoms with Gasteiger partial charge in [0.15, 0.2) is 0 Å². The molecule has 1 aromatic carbocycles. The number of furan rings is 1. The lowest BCUT2D eigenvalue weighted by molar-refractivity contribution is 0.653. The van der Waals surface area contributed by atoms with Crippen LogP contribution in [0.15, 0.2) is 40.9 Å². The van der Waals surface area contributed by atoms with Crippen molar-refractivity contribution < 1.29 is 4.42 Å². The van der Waals surface area contributed by atoms with Crippen molar-refractivity contribution in [3.05, 3.63) is 42.1 Å². The topological polar surface area (TPSA) is 26.0 Å². The van der Waals surface area contributed by atoms with Crippen LogP contribution >= 0.6 is 0 Å². The summed E-state index contributed by atoms with van der Waals surface area (Å²) in [5, 5.41) is 2.32. The normalized spacial score (nSPS) is 11.7. The van der Waals surface area contributed by atoms with Crippen LogP contribution in [0.1, 0.15) is 25.3 Å². The van der Waals surface area contributed by atoms with Gasteiger partial charge in [-0.15, -0.1) is 0 Å². The lowest BCUT2D eigenvalue weighted by atomic mass is 9.98. The molecule has 2 heteroatoms. The second kappa shape index (κ2) is 3.34. The number of hydrogen-bond donors (Lipinski definition) is 0. The molecule has 0 unspecified atom stereocenters. The third-order valence-electron chi connectivity index (χ3n) is 2.93. The van der Waals surface area contributed by atoms with Gasteiger partial charge in [-0.25, -0.2) is 4.98 Å². The van der Waals surface area contributed by atoms with Crippen molar-refractivity contribution in [3.8, 4) is 0 Å². The van der Waals surface area contributed by atoms with Crippen molar-refractivity contribution in [2.75, 3.05) is 0 Å². The summed E-state index contributed by atoms with van der Waals surface area (Å²) in [7, 11) is 0. The maximum atomic E-state index is 5.73. The van der Waals surface area contributed by atoms with Gasteiger partial charge in [-0.2, -0.15) is 0 Å². The van der Waals surface area contributed by atoms with Crippen LogP contribution in [0, 0.1) is 0 Å². The van der Waals surface area contributed by atoms with Crippen LogP contribution in [0.5, 0.6) is 0 Å². The van der Waals surface area contributed by atoms with E-state index >= 15 is 0 Å². The minimum atomic E-state index is 0.490. The second-order valence-electron chi connectivity index (χ2n) is 4.33. The molecule has 0 saturated carbocycles. The highest BCUT2D eigenvalue weighted by atomic mass is 16.3. The molecule has 0 amide bonds. The van der Waals surface area contributed by atoms with Gasteiger partial charge in [0, 0.05) is 17.0 Å². The van der Waals surface area contributed by atoms with Gasteiger partial charge < -0.3 is 4.42 Å². The number of pyridine rings is 1. The lowest BCUT2D eigenvalue weighted by Crippen LogP contribution is -1.87. The summed E-state index contributed by atoms with van der Waals surface area (Å²) in [6.45, 7) is 4.40. The highest BCUT2D eigenvalue weighted by Crippen LogP contribution is 2.33. The summed E-state index contributed by atoms with van der Waals surface area (Å²) >= 11 is 0. The molecule has 0 bridgehead atoms. The zero-order chi connectivity index (χ0) is 11.1. The average molecular weight is 211 g/mol. The van der Waals surface area contributed by atoms with Gasteiger partial charge in [-0.05, 0) is 29.7 Å². The fraction of sp³-hybridized carbons (Fsp3) is 0.214. The Balaban J connectivity index is 2.53. The highest BCUT2D eigenvalue weighted by molar-refractivity contribution is 6.05. The molecule has 2 nitrogen and oxygen atoms in total. The zero-order valence-corrected chi connectivity index (χ0v) is 9.40. The van der Waals surface area contributed by atoms with E-state index < -0.39 is 0 Å². The molecular weight excluding hydrogens is 198 g/mol. The van der Waals surface area contributed by atoms with E-state index in [1.165, 1.54) is 10.9 Å². The number of nitrogens with zero attached hydrogens (tertiary/aromatic N) is 1. The molecule has 0 aliphatic heterocycles. The van der Waals surface area contributed by atoms with Crippen LogP contribution in [-0.2, 0) is 0 Å². The third-order valence-corrected chi connectivity index (χ3v) is 2.93. The molecule has 0 atom stereocenters. The van der Waals surface area contributed by atoms with Crippen LogP contribution in [0.4, 0.5) is 0 Å². The number of fused-ring (bicyclic) bond motifs is 3. The molecule has 0 radical (unpaired) electrons. The van der Waals surface area contributed by atoms with Crippen molar-refractivity contribution in [2.24, 2.45) is 0 Å². The second-order valence-corrected chi connectivity index (χ2v) is 4.33. The van der Waals surface area contributed by atoms with Crippen molar-refractivity contribution in [2.45, 2.75) is 19.8 Å². The van der Waals surface area contributed by atoms with Crippen LogP contribution in [0.3, 0.4) is 0 Å². The zero-order valence-electron chi connectivity index (χ0n) is 9.40. The van der Waals surface area contributed by atoms with Gasteiger partial charge in [-0.3, -0.25) is 0 Å². The monoisotopic (exact) mass is 211 g/mol. The quantitative estimate of drug-likeness (QED) is 0.605. The standard InChI is InChI=1S/C14H13NO/c1-9(2)10-5-3-7-12-13(10)11-6-4-8-15-14(11)16-12/h3-9H,1-2H3. The molecule has 0 N–H and O–H groups in total. The van der Waals surface area contributed by atoms with Crippen molar-refractivity contribution in [3.63, 3.8) is 0 Å². The molecule has 3 rings (SSSR count). The Bertz CT molecular complexity index is 652. The molecule has 0 saturated heterocycles. The molecule has 0 aliphatic carbocycles. The van der Waals surface area contributed by atoms with E-state index in [2.05, 4.69) is 31.0 Å². The Kier molecular flexibility index (Phi) is 1.96. The average Bonchev–Trinajstić information content (AvgIpc) is 2.66. The first-order chi connectivity index (χ1) is 7.77. The van der Waals surface area contributed by atoms with Crippen molar-refractivity contribution in [1.82, 2.24) is 4.98 Å². The molecule has 2 heterocycles. The smallest absolute Gasteiger partial charge is 0.227 e. The number of aromatic nitrogens is 1. The fourth-order valence-electron chi connectivity index (χ4n) is 2.17. The van der Waals surface area contributed by atoms with Gasteiger partial charge in [0.2, 0.25) is 5.71 Å². The van der Waals surface area contributed by atoms with E-state index in [1.807, 2.05) is 18.2 Å². The van der Waals surface area contributed by atoms with Gasteiger partial charge in [0.25, 0.3) is 0 Å². The molecule has 3 aromatic rings.